The van der Waals surface area contributed by atoms with Gasteiger partial charge in [0, 0.05) is 0 Å². The molecule has 0 fully saturated rings. The van der Waals surface area contributed by atoms with Gasteiger partial charge in [-0.05, 0) is 22.0 Å². The van der Waals surface area contributed by atoms with Gasteiger partial charge in [0.2, 0.25) is 5.82 Å². The van der Waals surface area contributed by atoms with Crippen LogP contribution in [-0.4, -0.2) is 10.1 Å². The van der Waals surface area contributed by atoms with Crippen LogP contribution in [0, 0.1) is 0 Å². The molecule has 0 aliphatic rings. The monoisotopic (exact) mass is 230 g/mol. The molecule has 62 valence electrons. The molecule has 5 nitrogen and oxygen atoms in total. The first-order valence-electron chi connectivity index (χ1n) is 3.07. The lowest BCUT2D eigenvalue weighted by molar-refractivity contribution is 0.386. The van der Waals surface area contributed by atoms with Gasteiger partial charge in [-0.15, -0.1) is 0 Å². The fourth-order valence-corrected chi connectivity index (χ4v) is 1.18. The second kappa shape index (κ2) is 2.63. The Kier molecular flexibility index (Phi) is 1.61. The van der Waals surface area contributed by atoms with Gasteiger partial charge >= 0.3 is 5.76 Å². The van der Waals surface area contributed by atoms with E-state index in [0.29, 0.717) is 10.2 Å². The van der Waals surface area contributed by atoms with Crippen LogP contribution in [0.4, 0.5) is 0 Å². The molecular weight excluding hydrogens is 228 g/mol. The van der Waals surface area contributed by atoms with Crippen LogP contribution >= 0.6 is 15.9 Å². The molecule has 0 unspecified atom stereocenters. The Bertz CT molecular complexity index is 441. The van der Waals surface area contributed by atoms with E-state index in [1.807, 2.05) is 0 Å². The highest BCUT2D eigenvalue weighted by Crippen LogP contribution is 2.25. The van der Waals surface area contributed by atoms with Crippen molar-refractivity contribution in [3.8, 4) is 11.6 Å². The van der Waals surface area contributed by atoms with Gasteiger partial charge in [0.1, 0.15) is 0 Å². The first kappa shape index (κ1) is 7.35. The lowest BCUT2D eigenvalue weighted by Crippen LogP contribution is -1.94. The van der Waals surface area contributed by atoms with Crippen molar-refractivity contribution in [3.63, 3.8) is 0 Å². The van der Waals surface area contributed by atoms with E-state index in [1.165, 1.54) is 6.26 Å². The molecule has 2 heterocycles. The van der Waals surface area contributed by atoms with Gasteiger partial charge in [-0.25, -0.2) is 4.79 Å². The number of nitrogens with one attached hydrogen (secondary N) is 1. The molecule has 1 N–H and O–H groups in total. The zero-order valence-corrected chi connectivity index (χ0v) is 7.29. The summed E-state index contributed by atoms with van der Waals surface area (Å²) in [5, 5.41) is 3.45. The van der Waals surface area contributed by atoms with Crippen molar-refractivity contribution >= 4 is 15.9 Å². The summed E-state index contributed by atoms with van der Waals surface area (Å²) in [7, 11) is 0. The minimum absolute atomic E-state index is 0.275. The predicted molar refractivity (Wildman–Crippen MR) is 42.5 cm³/mol. The fraction of sp³-hybridized carbons (Fsp3) is 0. The van der Waals surface area contributed by atoms with Gasteiger partial charge in [0.15, 0.2) is 5.76 Å². The average molecular weight is 231 g/mol. The molecule has 12 heavy (non-hydrogen) atoms. The van der Waals surface area contributed by atoms with Crippen molar-refractivity contribution in [3.05, 3.63) is 27.4 Å². The van der Waals surface area contributed by atoms with Crippen molar-refractivity contribution in [1.82, 2.24) is 10.1 Å². The normalized spacial score (nSPS) is 10.4. The van der Waals surface area contributed by atoms with Crippen LogP contribution in [0.5, 0.6) is 0 Å². The summed E-state index contributed by atoms with van der Waals surface area (Å²) in [5.74, 6) is 0.117. The molecular formula is C6H3BrN2O3. The largest absolute Gasteiger partial charge is 0.460 e. The second-order valence-corrected chi connectivity index (χ2v) is 2.90. The van der Waals surface area contributed by atoms with Crippen molar-refractivity contribution < 1.29 is 8.94 Å². The second-order valence-electron chi connectivity index (χ2n) is 2.04. The van der Waals surface area contributed by atoms with Gasteiger partial charge in [-0.3, -0.25) is 9.51 Å². The van der Waals surface area contributed by atoms with Crippen molar-refractivity contribution in [1.29, 1.82) is 0 Å². The average Bonchev–Trinajstić information content (AvgIpc) is 2.58. The Morgan fingerprint density at radius 3 is 2.92 bits per heavy atom. The van der Waals surface area contributed by atoms with E-state index in [1.54, 1.807) is 6.07 Å². The Hall–Kier alpha value is -1.30. The third kappa shape index (κ3) is 1.10. The molecule has 0 aromatic carbocycles. The molecule has 0 aliphatic carbocycles. The van der Waals surface area contributed by atoms with E-state index in [0.717, 1.165) is 0 Å². The van der Waals surface area contributed by atoms with E-state index in [-0.39, 0.29) is 5.82 Å². The van der Waals surface area contributed by atoms with E-state index >= 15 is 0 Å². The SMILES string of the molecule is O=c1[nH]c(-c2occc2Br)no1. The minimum Gasteiger partial charge on any atom is -0.460 e. The Labute approximate surface area is 74.5 Å². The quantitative estimate of drug-likeness (QED) is 0.804. The smallest absolute Gasteiger partial charge is 0.439 e. The summed E-state index contributed by atoms with van der Waals surface area (Å²) in [6.45, 7) is 0. The summed E-state index contributed by atoms with van der Waals surface area (Å²) >= 11 is 3.21. The van der Waals surface area contributed by atoms with E-state index in [9.17, 15) is 4.79 Å². The molecule has 0 saturated heterocycles. The molecule has 0 aliphatic heterocycles. The summed E-state index contributed by atoms with van der Waals surface area (Å²) in [4.78, 5) is 12.9. The summed E-state index contributed by atoms with van der Waals surface area (Å²) < 4.78 is 10.0. The van der Waals surface area contributed by atoms with Crippen LogP contribution in [0.1, 0.15) is 0 Å². The molecule has 0 bridgehead atoms. The first-order valence-corrected chi connectivity index (χ1v) is 3.86. The number of hydrogen-bond donors (Lipinski definition) is 1. The number of rotatable bonds is 1. The highest BCUT2D eigenvalue weighted by molar-refractivity contribution is 9.10. The molecule has 0 radical (unpaired) electrons. The molecule has 6 heteroatoms. The Balaban J connectivity index is 2.57. The maximum atomic E-state index is 10.6. The van der Waals surface area contributed by atoms with E-state index in [4.69, 9.17) is 4.42 Å². The maximum absolute atomic E-state index is 10.6. The maximum Gasteiger partial charge on any atom is 0.439 e. The number of aromatic nitrogens is 2. The van der Waals surface area contributed by atoms with Crippen LogP contribution in [0.25, 0.3) is 11.6 Å². The summed E-state index contributed by atoms with van der Waals surface area (Å²) in [6, 6.07) is 1.70. The first-order chi connectivity index (χ1) is 5.77. The van der Waals surface area contributed by atoms with Gasteiger partial charge in [-0.1, -0.05) is 5.16 Å². The Morgan fingerprint density at radius 2 is 2.42 bits per heavy atom. The highest BCUT2D eigenvalue weighted by atomic mass is 79.9. The van der Waals surface area contributed by atoms with Crippen LogP contribution < -0.4 is 5.76 Å². The van der Waals surface area contributed by atoms with Crippen LogP contribution in [0.2, 0.25) is 0 Å². The molecule has 2 rings (SSSR count). The van der Waals surface area contributed by atoms with E-state index in [2.05, 4.69) is 30.6 Å². The number of nitrogens with zero attached hydrogens (tertiary/aromatic N) is 1. The van der Waals surface area contributed by atoms with Gasteiger partial charge in [-0.2, -0.15) is 0 Å². The minimum atomic E-state index is -0.603. The number of halogens is 1. The molecule has 2 aromatic rings. The lowest BCUT2D eigenvalue weighted by Gasteiger charge is -1.86. The van der Waals surface area contributed by atoms with Gasteiger partial charge in [0.25, 0.3) is 0 Å². The van der Waals surface area contributed by atoms with Crippen LogP contribution in [-0.2, 0) is 0 Å². The summed E-state index contributed by atoms with van der Waals surface area (Å²) in [5.41, 5.74) is 0. The number of H-pyrrole nitrogens is 1. The van der Waals surface area contributed by atoms with Gasteiger partial charge in [0.05, 0.1) is 10.7 Å². The third-order valence-electron chi connectivity index (χ3n) is 1.27. The fourth-order valence-electron chi connectivity index (χ4n) is 0.790. The van der Waals surface area contributed by atoms with Crippen LogP contribution in [0.3, 0.4) is 0 Å². The number of furan rings is 1. The zero-order valence-electron chi connectivity index (χ0n) is 5.70. The molecule has 0 spiro atoms. The third-order valence-corrected chi connectivity index (χ3v) is 1.90. The predicted octanol–water partition coefficient (Wildman–Crippen LogP) is 1.39. The van der Waals surface area contributed by atoms with Crippen molar-refractivity contribution in [2.45, 2.75) is 0 Å². The standard InChI is InChI=1S/C6H3BrN2O3/c7-3-1-2-11-4(3)5-8-6(10)12-9-5/h1-2H,(H,8,9,10). The van der Waals surface area contributed by atoms with Crippen LogP contribution in [0.15, 0.2) is 30.5 Å². The number of aromatic amines is 1. The zero-order chi connectivity index (χ0) is 8.55. The topological polar surface area (TPSA) is 72.0 Å². The number of hydrogen-bond acceptors (Lipinski definition) is 4. The van der Waals surface area contributed by atoms with Crippen molar-refractivity contribution in [2.75, 3.05) is 0 Å². The van der Waals surface area contributed by atoms with Crippen molar-refractivity contribution in [2.24, 2.45) is 0 Å². The van der Waals surface area contributed by atoms with Gasteiger partial charge < -0.3 is 4.42 Å². The molecule has 0 atom stereocenters. The molecule has 0 amide bonds. The highest BCUT2D eigenvalue weighted by Gasteiger charge is 2.10. The van der Waals surface area contributed by atoms with E-state index < -0.39 is 5.76 Å². The lowest BCUT2D eigenvalue weighted by atomic mass is 10.4. The summed E-state index contributed by atoms with van der Waals surface area (Å²) in [6.07, 6.45) is 1.48. The molecule has 2 aromatic heterocycles. The Morgan fingerprint density at radius 1 is 1.58 bits per heavy atom. The molecule has 0 saturated carbocycles.